The summed E-state index contributed by atoms with van der Waals surface area (Å²) >= 11 is 0. The van der Waals surface area contributed by atoms with E-state index >= 15 is 0 Å². The van der Waals surface area contributed by atoms with E-state index in [1.54, 1.807) is 18.2 Å². The molecule has 2 aromatic rings. The van der Waals surface area contributed by atoms with E-state index in [1.165, 1.54) is 45.2 Å². The van der Waals surface area contributed by atoms with E-state index in [1.807, 2.05) is 0 Å². The summed E-state index contributed by atoms with van der Waals surface area (Å²) in [6.45, 7) is 7.15. The number of carbonyl (C=O) groups excluding carboxylic acids is 5. The second kappa shape index (κ2) is 18.7. The van der Waals surface area contributed by atoms with Gasteiger partial charge in [-0.1, -0.05) is 108 Å². The number of imide groups is 1. The number of rotatable bonds is 21. The Kier molecular flexibility index (Phi) is 15.0. The fourth-order valence-electron chi connectivity index (χ4n) is 5.95. The lowest BCUT2D eigenvalue weighted by molar-refractivity contribution is -0.134. The van der Waals surface area contributed by atoms with Crippen molar-refractivity contribution in [1.29, 1.82) is 0 Å². The van der Waals surface area contributed by atoms with Crippen molar-refractivity contribution in [3.05, 3.63) is 54.1 Å². The Hall–Kier alpha value is -4.26. The second-order valence-electron chi connectivity index (χ2n) is 13.3. The van der Waals surface area contributed by atoms with E-state index in [-0.39, 0.29) is 21.9 Å². The van der Waals surface area contributed by atoms with E-state index in [9.17, 15) is 32.4 Å². The number of carbonyl (C=O) groups is 5. The van der Waals surface area contributed by atoms with E-state index in [0.717, 1.165) is 70.3 Å². The lowest BCUT2D eigenvalue weighted by Crippen LogP contribution is -2.53. The van der Waals surface area contributed by atoms with E-state index < -0.39 is 57.1 Å². The zero-order valence-electron chi connectivity index (χ0n) is 29.9. The zero-order chi connectivity index (χ0) is 36.9. The molecule has 13 heteroatoms. The maximum atomic E-state index is 13.9. The third-order valence-corrected chi connectivity index (χ3v) is 10.2. The molecule has 0 spiro atoms. The third-order valence-electron chi connectivity index (χ3n) is 8.86. The van der Waals surface area contributed by atoms with Crippen molar-refractivity contribution in [1.82, 2.24) is 14.9 Å². The van der Waals surface area contributed by atoms with E-state index in [2.05, 4.69) is 29.2 Å². The number of hydrogen-bond donors (Lipinski definition) is 3. The molecule has 2 unspecified atom stereocenters. The Bertz CT molecular complexity index is 1610. The summed E-state index contributed by atoms with van der Waals surface area (Å²) in [6.07, 6.45) is 11.3. The van der Waals surface area contributed by atoms with Crippen LogP contribution in [0, 0.1) is 5.92 Å². The average Bonchev–Trinajstić information content (AvgIpc) is 3.28. The van der Waals surface area contributed by atoms with Crippen LogP contribution in [0.15, 0.2) is 53.4 Å². The molecule has 2 aromatic carbocycles. The first-order valence-electron chi connectivity index (χ1n) is 17.6. The standard InChI is InChI=1S/C37H52N4O8S/c1-6-8-10-12-13-16-22-27(21-15-11-9-7-2)33(43)40-50(47,48)28-23-24-30(49-5)29(25-28)38-34(44)31(32(42)26-19-17-14-18-20-26)41-35(45)37(3,4)39-36(41)46/h14,17-20,23-25,27,31H,6-13,15-16,21-22H2,1-5H3,(H,38,44)(H,39,46)(H,40,43). The third kappa shape index (κ3) is 10.6. The van der Waals surface area contributed by atoms with Crippen molar-refractivity contribution in [3.8, 4) is 5.75 Å². The highest BCUT2D eigenvalue weighted by Crippen LogP contribution is 2.30. The van der Waals surface area contributed by atoms with Gasteiger partial charge in [-0.15, -0.1) is 0 Å². The Morgan fingerprint density at radius 1 is 0.840 bits per heavy atom. The number of ether oxygens (including phenoxy) is 1. The number of anilines is 1. The highest BCUT2D eigenvalue weighted by atomic mass is 32.2. The van der Waals surface area contributed by atoms with Crippen molar-refractivity contribution in [2.24, 2.45) is 5.92 Å². The van der Waals surface area contributed by atoms with Gasteiger partial charge in [-0.25, -0.2) is 22.8 Å². The molecule has 1 aliphatic rings. The van der Waals surface area contributed by atoms with Crippen molar-refractivity contribution in [2.45, 2.75) is 121 Å². The molecule has 0 saturated carbocycles. The molecule has 0 bridgehead atoms. The molecule has 1 fully saturated rings. The highest BCUT2D eigenvalue weighted by Gasteiger charge is 2.51. The van der Waals surface area contributed by atoms with Crippen LogP contribution in [-0.2, 0) is 24.4 Å². The first-order chi connectivity index (χ1) is 23.8. The molecule has 50 heavy (non-hydrogen) atoms. The van der Waals surface area contributed by atoms with Gasteiger partial charge in [0.25, 0.3) is 21.8 Å². The molecule has 5 amide bonds. The van der Waals surface area contributed by atoms with Gasteiger partial charge in [0.15, 0.2) is 11.8 Å². The number of methoxy groups -OCH3 is 1. The minimum absolute atomic E-state index is 0.0453. The largest absolute Gasteiger partial charge is 0.495 e. The number of unbranched alkanes of at least 4 members (excludes halogenated alkanes) is 8. The number of hydrogen-bond acceptors (Lipinski definition) is 8. The van der Waals surface area contributed by atoms with Gasteiger partial charge in [0.05, 0.1) is 17.7 Å². The molecule has 2 atom stereocenters. The van der Waals surface area contributed by atoms with Crippen LogP contribution in [0.1, 0.15) is 115 Å². The quantitative estimate of drug-likeness (QED) is 0.0582. The Labute approximate surface area is 296 Å². The van der Waals surface area contributed by atoms with Gasteiger partial charge >= 0.3 is 6.03 Å². The molecule has 1 heterocycles. The molecule has 3 rings (SSSR count). The number of benzene rings is 2. The van der Waals surface area contributed by atoms with Crippen molar-refractivity contribution < 1.29 is 37.1 Å². The topological polar surface area (TPSA) is 168 Å². The summed E-state index contributed by atoms with van der Waals surface area (Å²) in [6, 6.07) is 8.52. The average molecular weight is 713 g/mol. The first-order valence-corrected chi connectivity index (χ1v) is 19.1. The SMILES string of the molecule is CCCCCCCCC(CCCCCC)C(=O)NS(=O)(=O)c1ccc(OC)c(NC(=O)C(C(=O)c2ccccc2)N2C(=O)NC(C)(C)C2=O)c1. The number of amides is 5. The van der Waals surface area contributed by atoms with Crippen LogP contribution in [0.3, 0.4) is 0 Å². The van der Waals surface area contributed by atoms with Crippen LogP contribution in [-0.4, -0.2) is 61.5 Å². The van der Waals surface area contributed by atoms with Crippen LogP contribution in [0.25, 0.3) is 0 Å². The maximum absolute atomic E-state index is 13.9. The number of nitrogens with zero attached hydrogens (tertiary/aromatic N) is 1. The summed E-state index contributed by atoms with van der Waals surface area (Å²) in [4.78, 5) is 67.4. The number of ketones is 1. The summed E-state index contributed by atoms with van der Waals surface area (Å²) in [5.74, 6) is -3.68. The molecule has 0 aliphatic carbocycles. The molecule has 1 saturated heterocycles. The number of Topliss-reactive ketones (excluding diaryl/α,β-unsaturated/α-hetero) is 1. The molecule has 0 radical (unpaired) electrons. The van der Waals surface area contributed by atoms with Crippen LogP contribution in [0.4, 0.5) is 10.5 Å². The Morgan fingerprint density at radius 3 is 1.98 bits per heavy atom. The monoisotopic (exact) mass is 712 g/mol. The predicted molar refractivity (Wildman–Crippen MR) is 191 cm³/mol. The number of nitrogens with one attached hydrogen (secondary N) is 3. The van der Waals surface area contributed by atoms with Gasteiger partial charge in [0.1, 0.15) is 11.3 Å². The van der Waals surface area contributed by atoms with Crippen molar-refractivity contribution in [3.63, 3.8) is 0 Å². The lowest BCUT2D eigenvalue weighted by atomic mass is 9.94. The van der Waals surface area contributed by atoms with Crippen molar-refractivity contribution >= 4 is 45.2 Å². The summed E-state index contributed by atoms with van der Waals surface area (Å²) in [5.41, 5.74) is -1.44. The van der Waals surface area contributed by atoms with E-state index in [4.69, 9.17) is 4.74 Å². The zero-order valence-corrected chi connectivity index (χ0v) is 30.7. The summed E-state index contributed by atoms with van der Waals surface area (Å²) in [5, 5.41) is 4.98. The molecule has 3 N–H and O–H groups in total. The first kappa shape index (κ1) is 40.2. The molecule has 1 aliphatic heterocycles. The summed E-state index contributed by atoms with van der Waals surface area (Å²) in [7, 11) is -3.09. The van der Waals surface area contributed by atoms with Gasteiger partial charge in [-0.05, 0) is 44.9 Å². The molecule has 12 nitrogen and oxygen atoms in total. The molecule has 0 aromatic heterocycles. The van der Waals surface area contributed by atoms with Crippen LogP contribution < -0.4 is 20.1 Å². The molecular formula is C37H52N4O8S. The van der Waals surface area contributed by atoms with Gasteiger partial charge in [0, 0.05) is 11.5 Å². The minimum atomic E-state index is -4.40. The van der Waals surface area contributed by atoms with Gasteiger partial charge in [-0.2, -0.15) is 0 Å². The van der Waals surface area contributed by atoms with Crippen LogP contribution in [0.2, 0.25) is 0 Å². The number of urea groups is 1. The lowest BCUT2D eigenvalue weighted by Gasteiger charge is -2.25. The fraction of sp³-hybridized carbons (Fsp3) is 0.541. The summed E-state index contributed by atoms with van der Waals surface area (Å²) < 4.78 is 34.7. The Balaban J connectivity index is 1.87. The van der Waals surface area contributed by atoms with Gasteiger partial charge < -0.3 is 15.4 Å². The normalized spacial score (nSPS) is 15.3. The van der Waals surface area contributed by atoms with Gasteiger partial charge in [0.2, 0.25) is 5.91 Å². The molecular weight excluding hydrogens is 660 g/mol. The van der Waals surface area contributed by atoms with Crippen molar-refractivity contribution in [2.75, 3.05) is 12.4 Å². The maximum Gasteiger partial charge on any atom is 0.326 e. The highest BCUT2D eigenvalue weighted by molar-refractivity contribution is 7.90. The fourth-order valence-corrected chi connectivity index (χ4v) is 7.02. The predicted octanol–water partition coefficient (Wildman–Crippen LogP) is 6.36. The van der Waals surface area contributed by atoms with E-state index in [0.29, 0.717) is 17.7 Å². The smallest absolute Gasteiger partial charge is 0.326 e. The van der Waals surface area contributed by atoms with Crippen LogP contribution >= 0.6 is 0 Å². The number of sulfonamides is 1. The van der Waals surface area contributed by atoms with Gasteiger partial charge in [-0.3, -0.25) is 19.2 Å². The second-order valence-corrected chi connectivity index (χ2v) is 15.0. The van der Waals surface area contributed by atoms with Crippen LogP contribution in [0.5, 0.6) is 5.75 Å². The minimum Gasteiger partial charge on any atom is -0.495 e. The Morgan fingerprint density at radius 2 is 1.42 bits per heavy atom. The molecule has 274 valence electrons.